The van der Waals surface area contributed by atoms with Crippen LogP contribution in [0.25, 0.3) is 11.4 Å². The van der Waals surface area contributed by atoms with E-state index in [0.29, 0.717) is 37.6 Å². The summed E-state index contributed by atoms with van der Waals surface area (Å²) in [5.41, 5.74) is 2.31. The van der Waals surface area contributed by atoms with Gasteiger partial charge in [-0.05, 0) is 42.3 Å². The van der Waals surface area contributed by atoms with Crippen LogP contribution in [0.4, 0.5) is 0 Å². The standard InChI is InChI=1S/C23H17Cl3N4O3.Na.H/c1-14(17-10-19(26)21(11-18(17)25)29-8-4-7-27-29)23(32)33-22(31)9-15-5-2-3-6-20(15)30-13-16(24)12-28-30;;/h2-8,10-14H,9H2,1H3;;/q;+1;-1. The number of benzene rings is 2. The summed E-state index contributed by atoms with van der Waals surface area (Å²) in [4.78, 5) is 25.2. The summed E-state index contributed by atoms with van der Waals surface area (Å²) < 4.78 is 8.23. The van der Waals surface area contributed by atoms with Gasteiger partial charge in [0.25, 0.3) is 0 Å². The van der Waals surface area contributed by atoms with Gasteiger partial charge in [0.2, 0.25) is 0 Å². The summed E-state index contributed by atoms with van der Waals surface area (Å²) in [6.07, 6.45) is 6.33. The Morgan fingerprint density at radius 2 is 1.79 bits per heavy atom. The molecule has 2 aromatic carbocycles. The molecule has 170 valence electrons. The summed E-state index contributed by atoms with van der Waals surface area (Å²) in [5, 5.41) is 9.42. The van der Waals surface area contributed by atoms with Crippen molar-refractivity contribution in [1.82, 2.24) is 19.6 Å². The van der Waals surface area contributed by atoms with Gasteiger partial charge in [0.1, 0.15) is 0 Å². The van der Waals surface area contributed by atoms with Crippen LogP contribution in [0.3, 0.4) is 0 Å². The average Bonchev–Trinajstić information content (AvgIpc) is 3.47. The van der Waals surface area contributed by atoms with Crippen molar-refractivity contribution in [2.24, 2.45) is 0 Å². The number of esters is 2. The summed E-state index contributed by atoms with van der Waals surface area (Å²) in [6, 6.07) is 12.1. The van der Waals surface area contributed by atoms with Crippen molar-refractivity contribution in [3.05, 3.63) is 93.4 Å². The average molecular weight is 528 g/mol. The molecule has 1 unspecified atom stereocenters. The zero-order chi connectivity index (χ0) is 23.5. The van der Waals surface area contributed by atoms with E-state index in [2.05, 4.69) is 10.2 Å². The monoisotopic (exact) mass is 526 g/mol. The third kappa shape index (κ3) is 5.92. The second-order valence-corrected chi connectivity index (χ2v) is 8.45. The topological polar surface area (TPSA) is 79.0 Å². The molecule has 0 saturated carbocycles. The van der Waals surface area contributed by atoms with E-state index in [-0.39, 0.29) is 37.4 Å². The molecule has 0 amide bonds. The molecule has 0 bridgehead atoms. The van der Waals surface area contributed by atoms with Crippen LogP contribution in [0.2, 0.25) is 15.1 Å². The van der Waals surface area contributed by atoms with E-state index < -0.39 is 17.9 Å². The third-order valence-corrected chi connectivity index (χ3v) is 5.80. The molecule has 0 aliphatic heterocycles. The van der Waals surface area contributed by atoms with Crippen molar-refractivity contribution < 1.29 is 45.3 Å². The molecule has 34 heavy (non-hydrogen) atoms. The number of hydrogen-bond acceptors (Lipinski definition) is 5. The van der Waals surface area contributed by atoms with Crippen molar-refractivity contribution in [3.63, 3.8) is 0 Å². The molecule has 7 nitrogen and oxygen atoms in total. The first kappa shape index (κ1) is 26.5. The molecule has 0 saturated heterocycles. The van der Waals surface area contributed by atoms with Crippen LogP contribution in [0.15, 0.2) is 67.3 Å². The van der Waals surface area contributed by atoms with Gasteiger partial charge in [0.05, 0.1) is 40.0 Å². The number of nitrogens with zero attached hydrogens (tertiary/aromatic N) is 4. The smallest absolute Gasteiger partial charge is 1.00 e. The van der Waals surface area contributed by atoms with Crippen LogP contribution in [0.5, 0.6) is 0 Å². The van der Waals surface area contributed by atoms with Crippen molar-refractivity contribution in [1.29, 1.82) is 0 Å². The molecular weight excluding hydrogens is 510 g/mol. The Kier molecular flexibility index (Phi) is 8.98. The molecule has 11 heteroatoms. The van der Waals surface area contributed by atoms with E-state index in [1.54, 1.807) is 71.3 Å². The van der Waals surface area contributed by atoms with Crippen molar-refractivity contribution in [3.8, 4) is 11.4 Å². The largest absolute Gasteiger partial charge is 1.00 e. The normalized spacial score (nSPS) is 11.5. The minimum absolute atomic E-state index is 0. The predicted octanol–water partition coefficient (Wildman–Crippen LogP) is 2.55. The van der Waals surface area contributed by atoms with Gasteiger partial charge in [-0.2, -0.15) is 10.2 Å². The fourth-order valence-corrected chi connectivity index (χ4v) is 4.02. The maximum atomic E-state index is 12.7. The summed E-state index contributed by atoms with van der Waals surface area (Å²) in [5.74, 6) is -2.25. The second-order valence-electron chi connectivity index (χ2n) is 7.20. The van der Waals surface area contributed by atoms with E-state index in [9.17, 15) is 9.59 Å². The molecule has 4 aromatic rings. The molecule has 0 aliphatic rings. The molecular formula is C23H18Cl3N4NaO3. The van der Waals surface area contributed by atoms with Gasteiger partial charge in [-0.15, -0.1) is 0 Å². The number of para-hydroxylation sites is 1. The summed E-state index contributed by atoms with van der Waals surface area (Å²) in [6.45, 7) is 1.60. The Morgan fingerprint density at radius 1 is 1.03 bits per heavy atom. The van der Waals surface area contributed by atoms with Crippen LogP contribution >= 0.6 is 34.8 Å². The molecule has 0 aliphatic carbocycles. The first-order chi connectivity index (χ1) is 15.8. The van der Waals surface area contributed by atoms with Gasteiger partial charge in [0.15, 0.2) is 0 Å². The molecule has 2 heterocycles. The zero-order valence-corrected chi connectivity index (χ0v) is 22.6. The minimum Gasteiger partial charge on any atom is -1.00 e. The number of ether oxygens (including phenoxy) is 1. The molecule has 2 aromatic heterocycles. The van der Waals surface area contributed by atoms with E-state index in [1.807, 2.05) is 6.07 Å². The van der Waals surface area contributed by atoms with Crippen LogP contribution in [-0.2, 0) is 20.7 Å². The maximum Gasteiger partial charge on any atom is 1.00 e. The number of carbonyl (C=O) groups is 2. The van der Waals surface area contributed by atoms with Crippen molar-refractivity contribution >= 4 is 46.7 Å². The van der Waals surface area contributed by atoms with E-state index >= 15 is 0 Å². The van der Waals surface area contributed by atoms with E-state index in [0.717, 1.165) is 0 Å². The predicted molar refractivity (Wildman–Crippen MR) is 126 cm³/mol. The Hall–Kier alpha value is -2.13. The Balaban J connectivity index is 0.00000216. The van der Waals surface area contributed by atoms with Gasteiger partial charge < -0.3 is 6.16 Å². The molecule has 1 atom stereocenters. The molecule has 0 fully saturated rings. The summed E-state index contributed by atoms with van der Waals surface area (Å²) >= 11 is 18.7. The van der Waals surface area contributed by atoms with Crippen LogP contribution in [0.1, 0.15) is 25.4 Å². The maximum absolute atomic E-state index is 12.7. The number of aromatic nitrogens is 4. The minimum atomic E-state index is -0.814. The number of hydrogen-bond donors (Lipinski definition) is 0. The van der Waals surface area contributed by atoms with Crippen LogP contribution < -0.4 is 29.6 Å². The van der Waals surface area contributed by atoms with Gasteiger partial charge in [-0.25, -0.2) is 9.36 Å². The fourth-order valence-electron chi connectivity index (χ4n) is 3.31. The quantitative estimate of drug-likeness (QED) is 0.219. The first-order valence-electron chi connectivity index (χ1n) is 9.85. The zero-order valence-electron chi connectivity index (χ0n) is 19.3. The van der Waals surface area contributed by atoms with Gasteiger partial charge >= 0.3 is 41.5 Å². The first-order valence-corrected chi connectivity index (χ1v) is 11.0. The molecule has 0 spiro atoms. The second kappa shape index (κ2) is 11.5. The van der Waals surface area contributed by atoms with E-state index in [1.165, 1.54) is 6.20 Å². The van der Waals surface area contributed by atoms with Crippen LogP contribution in [-0.4, -0.2) is 31.5 Å². The third-order valence-electron chi connectivity index (χ3n) is 4.98. The van der Waals surface area contributed by atoms with Crippen molar-refractivity contribution in [2.45, 2.75) is 19.3 Å². The Morgan fingerprint density at radius 3 is 2.47 bits per heavy atom. The number of halogens is 3. The van der Waals surface area contributed by atoms with Crippen LogP contribution in [0, 0.1) is 0 Å². The molecule has 0 N–H and O–H groups in total. The Labute approximate surface area is 234 Å². The number of rotatable bonds is 6. The van der Waals surface area contributed by atoms with Crippen molar-refractivity contribution in [2.75, 3.05) is 0 Å². The Bertz CT molecular complexity index is 1330. The van der Waals surface area contributed by atoms with Gasteiger partial charge in [-0.1, -0.05) is 53.0 Å². The van der Waals surface area contributed by atoms with Gasteiger partial charge in [-0.3, -0.25) is 9.59 Å². The SMILES string of the molecule is CC(C(=O)OC(=O)Cc1ccccc1-n1cc(Cl)cn1)c1cc(Cl)c(-n2cccn2)cc1Cl.[H-].[Na+]. The summed E-state index contributed by atoms with van der Waals surface area (Å²) in [7, 11) is 0. The fraction of sp³-hybridized carbons (Fsp3) is 0.130. The van der Waals surface area contributed by atoms with Gasteiger partial charge in [0, 0.05) is 23.6 Å². The molecule has 0 radical (unpaired) electrons. The van der Waals surface area contributed by atoms with E-state index in [4.69, 9.17) is 39.5 Å². The molecule has 4 rings (SSSR count). The number of carbonyl (C=O) groups excluding carboxylic acids is 2.